The Morgan fingerprint density at radius 3 is 2.30 bits per heavy atom. The third-order valence-electron chi connectivity index (χ3n) is 7.74. The molecule has 0 heterocycles. The molecule has 236 valence electrons. The third-order valence-corrected chi connectivity index (χ3v) is 10.9. The van der Waals surface area contributed by atoms with Crippen molar-refractivity contribution in [1.29, 1.82) is 0 Å². The van der Waals surface area contributed by atoms with Gasteiger partial charge in [-0.25, -0.2) is 8.42 Å². The van der Waals surface area contributed by atoms with Crippen LogP contribution in [0.25, 0.3) is 0 Å². The Labute approximate surface area is 277 Å². The van der Waals surface area contributed by atoms with Gasteiger partial charge in [-0.05, 0) is 90.1 Å². The first-order valence-corrected chi connectivity index (χ1v) is 17.4. The second kappa shape index (κ2) is 15.0. The summed E-state index contributed by atoms with van der Waals surface area (Å²) >= 11 is 15.8. The molecule has 3 aromatic carbocycles. The van der Waals surface area contributed by atoms with Gasteiger partial charge in [0.15, 0.2) is 0 Å². The number of benzene rings is 3. The van der Waals surface area contributed by atoms with E-state index in [1.54, 1.807) is 48.5 Å². The smallest absolute Gasteiger partial charge is 0.264 e. The second-order valence-corrected chi connectivity index (χ2v) is 14.4. The number of hydrogen-bond donors (Lipinski definition) is 1. The SMILES string of the molecule is CC[C@@H](C(=O)NC1CCCC1)N(Cc1ccc(Cl)c(Cl)c1)C(=O)CN(c1ccc(C)cc1)S(=O)(=O)c1ccc(OC)c(Br)c1. The van der Waals surface area contributed by atoms with E-state index in [0.717, 1.165) is 35.6 Å². The average molecular weight is 726 g/mol. The van der Waals surface area contributed by atoms with Gasteiger partial charge in [-0.3, -0.25) is 13.9 Å². The minimum atomic E-state index is -4.24. The highest BCUT2D eigenvalue weighted by molar-refractivity contribution is 9.10. The number of anilines is 1. The van der Waals surface area contributed by atoms with E-state index in [-0.39, 0.29) is 23.4 Å². The van der Waals surface area contributed by atoms with Crippen LogP contribution in [0.5, 0.6) is 5.75 Å². The molecule has 44 heavy (non-hydrogen) atoms. The zero-order valence-corrected chi connectivity index (χ0v) is 28.8. The van der Waals surface area contributed by atoms with Gasteiger partial charge in [0, 0.05) is 12.6 Å². The quantitative estimate of drug-likeness (QED) is 0.214. The fourth-order valence-corrected chi connectivity index (χ4v) is 7.75. The van der Waals surface area contributed by atoms with E-state index < -0.39 is 28.5 Å². The minimum absolute atomic E-state index is 0.0272. The van der Waals surface area contributed by atoms with Gasteiger partial charge in [0.05, 0.1) is 32.2 Å². The van der Waals surface area contributed by atoms with E-state index in [4.69, 9.17) is 27.9 Å². The van der Waals surface area contributed by atoms with E-state index in [1.165, 1.54) is 24.1 Å². The predicted octanol–water partition coefficient (Wildman–Crippen LogP) is 7.13. The molecule has 12 heteroatoms. The fraction of sp³-hybridized carbons (Fsp3) is 0.375. The minimum Gasteiger partial charge on any atom is -0.496 e. The average Bonchev–Trinajstić information content (AvgIpc) is 3.51. The lowest BCUT2D eigenvalue weighted by Crippen LogP contribution is -2.53. The molecule has 0 radical (unpaired) electrons. The number of halogens is 3. The summed E-state index contributed by atoms with van der Waals surface area (Å²) in [4.78, 5) is 29.3. The molecule has 0 spiro atoms. The molecule has 2 amide bonds. The Morgan fingerprint density at radius 1 is 1.02 bits per heavy atom. The Balaban J connectivity index is 1.74. The van der Waals surface area contributed by atoms with Crippen molar-refractivity contribution in [3.8, 4) is 5.75 Å². The molecule has 1 atom stereocenters. The van der Waals surface area contributed by atoms with Gasteiger partial charge >= 0.3 is 0 Å². The van der Waals surface area contributed by atoms with E-state index in [1.807, 2.05) is 13.8 Å². The lowest BCUT2D eigenvalue weighted by Gasteiger charge is -2.34. The van der Waals surface area contributed by atoms with Gasteiger partial charge in [-0.1, -0.05) is 66.7 Å². The highest BCUT2D eigenvalue weighted by atomic mass is 79.9. The number of amides is 2. The molecule has 1 saturated carbocycles. The predicted molar refractivity (Wildman–Crippen MR) is 178 cm³/mol. The maximum atomic E-state index is 14.3. The molecule has 1 aliphatic carbocycles. The van der Waals surface area contributed by atoms with Crippen LogP contribution in [0, 0.1) is 6.92 Å². The Morgan fingerprint density at radius 2 is 1.70 bits per heavy atom. The lowest BCUT2D eigenvalue weighted by atomic mass is 10.1. The van der Waals surface area contributed by atoms with Crippen LogP contribution in [0.4, 0.5) is 5.69 Å². The van der Waals surface area contributed by atoms with Crippen molar-refractivity contribution in [2.75, 3.05) is 18.0 Å². The fourth-order valence-electron chi connectivity index (χ4n) is 5.30. The molecule has 0 saturated heterocycles. The highest BCUT2D eigenvalue weighted by Gasteiger charge is 2.35. The van der Waals surface area contributed by atoms with E-state index in [2.05, 4.69) is 21.2 Å². The molecule has 0 aromatic heterocycles. The number of aryl methyl sites for hydroxylation is 1. The topological polar surface area (TPSA) is 96.0 Å². The number of hydrogen-bond acceptors (Lipinski definition) is 5. The Bertz CT molecular complexity index is 1600. The molecule has 4 rings (SSSR count). The maximum Gasteiger partial charge on any atom is 0.264 e. The van der Waals surface area contributed by atoms with E-state index >= 15 is 0 Å². The van der Waals surface area contributed by atoms with Crippen LogP contribution < -0.4 is 14.4 Å². The van der Waals surface area contributed by atoms with Crippen LogP contribution in [-0.4, -0.2) is 50.9 Å². The normalized spacial score (nSPS) is 14.2. The van der Waals surface area contributed by atoms with Crippen LogP contribution in [0.3, 0.4) is 0 Å². The standard InChI is InChI=1S/C32H36BrCl2N3O5S/c1-4-29(32(40)36-23-7-5-6-8-23)37(19-22-11-15-27(34)28(35)17-22)31(39)20-38(24-12-9-21(2)10-13-24)44(41,42)25-14-16-30(43-3)26(33)18-25/h9-18,23,29H,4-8,19-20H2,1-3H3,(H,36,40)/t29-/m0/s1. The first-order valence-electron chi connectivity index (χ1n) is 14.4. The van der Waals surface area contributed by atoms with Crippen LogP contribution in [-0.2, 0) is 26.2 Å². The number of ether oxygens (including phenoxy) is 1. The number of carbonyl (C=O) groups is 2. The number of sulfonamides is 1. The summed E-state index contributed by atoms with van der Waals surface area (Å²) in [5, 5.41) is 3.78. The van der Waals surface area contributed by atoms with Gasteiger partial charge in [-0.15, -0.1) is 0 Å². The van der Waals surface area contributed by atoms with Crippen LogP contribution in [0.15, 0.2) is 70.0 Å². The first-order chi connectivity index (χ1) is 20.9. The highest BCUT2D eigenvalue weighted by Crippen LogP contribution is 2.31. The van der Waals surface area contributed by atoms with Crippen molar-refractivity contribution in [3.05, 3.63) is 86.3 Å². The molecule has 1 N–H and O–H groups in total. The Hall–Kier alpha value is -2.79. The lowest BCUT2D eigenvalue weighted by molar-refractivity contribution is -0.140. The summed E-state index contributed by atoms with van der Waals surface area (Å²) in [5.41, 5.74) is 1.90. The summed E-state index contributed by atoms with van der Waals surface area (Å²) in [6.45, 7) is 3.21. The molecule has 1 aliphatic rings. The van der Waals surface area contributed by atoms with Gasteiger partial charge in [0.1, 0.15) is 18.3 Å². The molecule has 3 aromatic rings. The van der Waals surface area contributed by atoms with Gasteiger partial charge in [-0.2, -0.15) is 0 Å². The zero-order chi connectivity index (χ0) is 32.0. The third kappa shape index (κ3) is 8.07. The van der Waals surface area contributed by atoms with Crippen molar-refractivity contribution in [2.45, 2.75) is 69.5 Å². The first kappa shape index (κ1) is 34.1. The van der Waals surface area contributed by atoms with Crippen molar-refractivity contribution in [2.24, 2.45) is 0 Å². The Kier molecular flexibility index (Phi) is 11.6. The molecule has 1 fully saturated rings. The van der Waals surface area contributed by atoms with E-state index in [0.29, 0.717) is 37.9 Å². The summed E-state index contributed by atoms with van der Waals surface area (Å²) in [6, 6.07) is 15.5. The largest absolute Gasteiger partial charge is 0.496 e. The summed E-state index contributed by atoms with van der Waals surface area (Å²) < 4.78 is 35.1. The van der Waals surface area contributed by atoms with Crippen LogP contribution in [0.1, 0.15) is 50.2 Å². The number of rotatable bonds is 12. The molecule has 8 nitrogen and oxygen atoms in total. The monoisotopic (exact) mass is 723 g/mol. The van der Waals surface area contributed by atoms with Gasteiger partial charge < -0.3 is 15.0 Å². The molecule has 0 aliphatic heterocycles. The number of nitrogens with zero attached hydrogens (tertiary/aromatic N) is 2. The maximum absolute atomic E-state index is 14.3. The second-order valence-electron chi connectivity index (χ2n) is 10.8. The zero-order valence-electron chi connectivity index (χ0n) is 24.9. The number of carbonyl (C=O) groups excluding carboxylic acids is 2. The van der Waals surface area contributed by atoms with Crippen LogP contribution in [0.2, 0.25) is 10.0 Å². The van der Waals surface area contributed by atoms with Crippen molar-refractivity contribution < 1.29 is 22.7 Å². The van der Waals surface area contributed by atoms with Gasteiger partial charge in [0.25, 0.3) is 10.0 Å². The van der Waals surface area contributed by atoms with Crippen molar-refractivity contribution >= 4 is 66.7 Å². The van der Waals surface area contributed by atoms with Crippen molar-refractivity contribution in [1.82, 2.24) is 10.2 Å². The molecule has 0 bridgehead atoms. The van der Waals surface area contributed by atoms with Gasteiger partial charge in [0.2, 0.25) is 11.8 Å². The van der Waals surface area contributed by atoms with E-state index in [9.17, 15) is 18.0 Å². The summed E-state index contributed by atoms with van der Waals surface area (Å²) in [7, 11) is -2.75. The van der Waals surface area contributed by atoms with Crippen LogP contribution >= 0.6 is 39.1 Å². The summed E-state index contributed by atoms with van der Waals surface area (Å²) in [5.74, 6) is -0.341. The number of nitrogens with one attached hydrogen (secondary N) is 1. The van der Waals surface area contributed by atoms with Crippen molar-refractivity contribution in [3.63, 3.8) is 0 Å². The summed E-state index contributed by atoms with van der Waals surface area (Å²) in [6.07, 6.45) is 4.19. The molecular weight excluding hydrogens is 689 g/mol. The number of methoxy groups -OCH3 is 1. The molecular formula is C32H36BrCl2N3O5S. The molecule has 0 unspecified atom stereocenters.